The number of nitrogens with two attached hydrogens (primary N) is 1. The van der Waals surface area contributed by atoms with Gasteiger partial charge in [-0.05, 0) is 137 Å². The van der Waals surface area contributed by atoms with Crippen molar-refractivity contribution in [3.05, 3.63) is 216 Å². The molecule has 1 atom stereocenters. The molecule has 1 unspecified atom stereocenters. The Bertz CT molecular complexity index is 6360. The molecule has 0 bridgehead atoms. The van der Waals surface area contributed by atoms with Crippen LogP contribution in [0.1, 0.15) is 118 Å². The van der Waals surface area contributed by atoms with Gasteiger partial charge in [-0.15, -0.1) is 0 Å². The third-order valence-corrected chi connectivity index (χ3v) is 30.5. The molecule has 133 heavy (non-hydrogen) atoms. The van der Waals surface area contributed by atoms with E-state index >= 15 is 0 Å². The van der Waals surface area contributed by atoms with Gasteiger partial charge in [0.2, 0.25) is 23.5 Å². The molecule has 0 aliphatic heterocycles. The molecule has 32 nitrogen and oxygen atoms in total. The number of H-pyrrole nitrogens is 2. The number of ether oxygens (including phenoxy) is 4. The average molecular weight is 2340 g/mol. The van der Waals surface area contributed by atoms with Crippen LogP contribution in [-0.2, 0) is 45.4 Å². The van der Waals surface area contributed by atoms with Crippen molar-refractivity contribution in [2.75, 3.05) is 0 Å². The summed E-state index contributed by atoms with van der Waals surface area (Å²) in [5.74, 6) is -1.88. The Hall–Kier alpha value is -7.39. The van der Waals surface area contributed by atoms with Crippen LogP contribution in [0.5, 0.6) is 52.3 Å². The number of alkyl halides is 7. The molecule has 3 radical (unpaired) electrons. The lowest BCUT2D eigenvalue weighted by Crippen LogP contribution is -2.41. The predicted molar refractivity (Wildman–Crippen MR) is 503 cm³/mol. The SMILES string of the molecule is BrC1CCC1.Cc1cnc(Oc2c(Cl)cc(-n3nc(C(F)F)c(=O)[nH]c3=O)cc2Cl)cc1S(=O)(=O)C1CCC1.Cc1cnc(Oc2c(Cl)cc(Br)cc2Cl)cc1S(=O)(=O)C1CCC1.Cc1cnc(Oc2c(Cl)cc(Br)cc2Cl)cc1S(=O)O.ClB(Cl)Cl.N=C(C(=O)NC(N)=O)C(F)F.O=c1[nH]c(=O)n(-c2cc(Cl)c(Oc3cc(S(=O)(=O)C4CCC4)c(O)cn3)c(Cl)c2)nc1C(F)F.[B]. The van der Waals surface area contributed by atoms with Gasteiger partial charge in [-0.3, -0.25) is 35.1 Å². The third-order valence-electron chi connectivity index (χ3n) is 18.5. The van der Waals surface area contributed by atoms with E-state index in [2.05, 4.69) is 83.7 Å². The van der Waals surface area contributed by atoms with Crippen molar-refractivity contribution >= 4 is 247 Å². The van der Waals surface area contributed by atoms with Gasteiger partial charge in [0.25, 0.3) is 36.3 Å². The first-order chi connectivity index (χ1) is 61.7. The zero-order valence-corrected chi connectivity index (χ0v) is 83.9. The lowest BCUT2D eigenvalue weighted by Gasteiger charge is -2.26. The van der Waals surface area contributed by atoms with Crippen LogP contribution in [0.4, 0.5) is 31.1 Å². The van der Waals surface area contributed by atoms with Gasteiger partial charge in [-0.25, -0.2) is 90.1 Å². The summed E-state index contributed by atoms with van der Waals surface area (Å²) in [5.41, 5.74) is -2.86. The molecule has 6 heterocycles. The molecule has 4 aliphatic carbocycles. The maximum absolute atomic E-state index is 13.0. The molecule has 6 aromatic heterocycles. The number of aromatic amines is 2. The van der Waals surface area contributed by atoms with E-state index in [9.17, 15) is 94.2 Å². The fraction of sp³-hybridized carbons (Fsp3) is 0.293. The number of imide groups is 1. The van der Waals surface area contributed by atoms with E-state index in [1.165, 1.54) is 61.4 Å². The lowest BCUT2D eigenvalue weighted by atomic mass is 10.00. The van der Waals surface area contributed by atoms with Crippen molar-refractivity contribution < 1.29 is 94.0 Å². The highest BCUT2D eigenvalue weighted by molar-refractivity contribution is 9.11. The number of hydrogen-bond acceptors (Lipinski definition) is 25. The Balaban J connectivity index is 0.000000229. The first-order valence-electron chi connectivity index (χ1n) is 37.2. The van der Waals surface area contributed by atoms with Crippen molar-refractivity contribution in [1.29, 1.82) is 5.41 Å². The number of aryl methyl sites for hydroxylation is 3. The first-order valence-corrected chi connectivity index (χ1v) is 49.8. The number of hydrogen-bond donors (Lipinski definition) is 7. The largest absolute Gasteiger partial charge is 0.505 e. The summed E-state index contributed by atoms with van der Waals surface area (Å²) in [4.78, 5) is 87.2. The van der Waals surface area contributed by atoms with Crippen LogP contribution >= 0.6 is 175 Å². The maximum Gasteiger partial charge on any atom is 0.450 e. The second-order valence-electron chi connectivity index (χ2n) is 27.7. The Labute approximate surface area is 836 Å². The van der Waals surface area contributed by atoms with Gasteiger partial charge in [0, 0.05) is 65.0 Å². The number of aromatic nitrogens is 10. The quantitative estimate of drug-likeness (QED) is 0.0115. The third kappa shape index (κ3) is 30.3. The van der Waals surface area contributed by atoms with Crippen molar-refractivity contribution in [2.24, 2.45) is 5.73 Å². The number of nitrogens with one attached hydrogen (secondary N) is 4. The summed E-state index contributed by atoms with van der Waals surface area (Å²) in [6.07, 6.45) is 5.87. The van der Waals surface area contributed by atoms with Gasteiger partial charge in [0.15, 0.2) is 86.4 Å². The number of halogens is 20. The number of carbonyl (C=O) groups is 2. The van der Waals surface area contributed by atoms with E-state index in [1.54, 1.807) is 55.0 Å². The molecule has 58 heteroatoms. The number of sulfone groups is 3. The monoisotopic (exact) mass is 2340 g/mol. The highest BCUT2D eigenvalue weighted by Gasteiger charge is 2.38. The first kappa shape index (κ1) is 113. The van der Waals surface area contributed by atoms with Crippen LogP contribution < -0.4 is 52.5 Å². The van der Waals surface area contributed by atoms with Gasteiger partial charge < -0.3 is 34.3 Å². The Kier molecular flexibility index (Phi) is 42.1. The van der Waals surface area contributed by atoms with Crippen LogP contribution in [-0.4, -0.2) is 147 Å². The fourth-order valence-corrected chi connectivity index (χ4v) is 21.9. The van der Waals surface area contributed by atoms with Crippen molar-refractivity contribution in [1.82, 2.24) is 54.8 Å². The molecule has 4 aromatic carbocycles. The van der Waals surface area contributed by atoms with Crippen LogP contribution in [0, 0.1) is 26.2 Å². The molecule has 4 fully saturated rings. The number of amides is 3. The van der Waals surface area contributed by atoms with Crippen LogP contribution in [0.25, 0.3) is 11.4 Å². The molecular formula is C75H64B2Br3Cl11F6N13O19S4. The lowest BCUT2D eigenvalue weighted by molar-refractivity contribution is -0.114. The number of urea groups is 1. The van der Waals surface area contributed by atoms with Crippen LogP contribution in [0.15, 0.2) is 145 Å². The summed E-state index contributed by atoms with van der Waals surface area (Å²) < 4.78 is 197. The topological polar surface area (TPSA) is 480 Å². The molecule has 14 rings (SSSR count). The zero-order valence-electron chi connectivity index (χ0n) is 67.6. The zero-order chi connectivity index (χ0) is 98.2. The Morgan fingerprint density at radius 2 is 0.797 bits per heavy atom. The Morgan fingerprint density at radius 3 is 1.07 bits per heavy atom. The molecule has 10 aromatic rings. The van der Waals surface area contributed by atoms with E-state index in [0.29, 0.717) is 89.1 Å². The summed E-state index contributed by atoms with van der Waals surface area (Å²) in [5, 5.41) is 23.6. The van der Waals surface area contributed by atoms with Gasteiger partial charge in [-0.2, -0.15) is 53.9 Å². The summed E-state index contributed by atoms with van der Waals surface area (Å²) in [6.45, 7) is 5.03. The summed E-state index contributed by atoms with van der Waals surface area (Å²) in [6, 6.07) is 14.9. The normalized spacial score (nSPS) is 13.8. The highest BCUT2D eigenvalue weighted by atomic mass is 79.9. The number of aromatic hydroxyl groups is 1. The van der Waals surface area contributed by atoms with E-state index in [-0.39, 0.29) is 111 Å². The van der Waals surface area contributed by atoms with E-state index in [1.807, 2.05) is 0 Å². The second-order valence-corrected chi connectivity index (χ2v) is 43.6. The van der Waals surface area contributed by atoms with E-state index in [0.717, 1.165) is 65.1 Å². The van der Waals surface area contributed by atoms with Gasteiger partial charge in [-0.1, -0.05) is 166 Å². The molecule has 4 aliphatic rings. The summed E-state index contributed by atoms with van der Waals surface area (Å²) >= 11 is 71.6. The van der Waals surface area contributed by atoms with Gasteiger partial charge in [0.05, 0.1) is 88.2 Å². The maximum atomic E-state index is 13.0. The molecule has 3 amide bonds. The number of primary amides is 1. The molecule has 0 saturated heterocycles. The van der Waals surface area contributed by atoms with Gasteiger partial charge >= 0.3 is 22.4 Å². The van der Waals surface area contributed by atoms with Crippen LogP contribution in [0.2, 0.25) is 40.2 Å². The number of pyridine rings is 4. The molecule has 4 saturated carbocycles. The van der Waals surface area contributed by atoms with Crippen molar-refractivity contribution in [2.45, 2.75) is 157 Å². The predicted octanol–water partition coefficient (Wildman–Crippen LogP) is 20.5. The number of nitrogens with zero attached hydrogens (tertiary/aromatic N) is 8. The number of benzene rings is 4. The number of carbonyl (C=O) groups excluding carboxylic acids is 2. The second kappa shape index (κ2) is 49.8. The van der Waals surface area contributed by atoms with Crippen molar-refractivity contribution in [3.8, 4) is 63.6 Å². The minimum absolute atomic E-state index is 0. The number of rotatable bonds is 21. The smallest absolute Gasteiger partial charge is 0.450 e. The average Bonchev–Trinajstić information content (AvgIpc) is 0.785. The van der Waals surface area contributed by atoms with E-state index < -0.39 is 133 Å². The van der Waals surface area contributed by atoms with Gasteiger partial charge in [0.1, 0.15) is 4.90 Å². The minimum atomic E-state index is -3.80. The molecule has 8 N–H and O–H groups in total. The molecule has 0 spiro atoms. The molecule has 713 valence electrons. The minimum Gasteiger partial charge on any atom is -0.505 e. The fourth-order valence-electron chi connectivity index (χ4n) is 11.0. The van der Waals surface area contributed by atoms with Crippen molar-refractivity contribution in [3.63, 3.8) is 0 Å². The summed E-state index contributed by atoms with van der Waals surface area (Å²) in [7, 11) is -10.7. The van der Waals surface area contributed by atoms with Crippen LogP contribution in [0.3, 0.4) is 0 Å². The highest BCUT2D eigenvalue weighted by Crippen LogP contribution is 2.46. The standard InChI is InChI=1S/C20H16Cl2F2N4O5S.C19H14Cl2F2N4O6S.C16H14BrCl2NO3S.C12H8BrCl2NO3S.C4H7Br.C4H5F2N3O2.BCl3.B/c1-9-8-25-15(7-14(9)34(31,32)11-3-2-4-11)33-17-12(21)5-10(6-13(17)22)28-20(30)26-19(29)16(27-28)18(23)24;20-10-4-8(27-19(30)25-18(29)15(26-27)17(22)23)5-11(21)16(10)33-14-6-13(12(28)7-24-14)34(31,32)9-2-1-3-9;1-9-8-20-15(7-14(9)24(21,22)11-3-2-4-11)23-16-12(18)5-10(17)6-13(16)19;1-6-5-16-11(4-10(6)20(17)18)19-12-8(14)2-7(13)3-9(12)15;5-4-2-1-3-4;5-2(6)1(7)3(10)9-4(8)11;2-1(3)4;/h5-8,11,18H,2-4H2,1H3,(H,26,29,30);4-7,9,17,28H,1-3H2,(H,25,29,30);5-8,11H,2-4H2,1H3;2-5H,1H3,(H,17,18);4H,1-3H2;2,7H,(H3,8,9,10,11);;. The van der Waals surface area contributed by atoms with E-state index in [4.69, 9.17) is 152 Å². The Morgan fingerprint density at radius 1 is 0.519 bits per heavy atom. The molecular weight excluding hydrogens is 2280 g/mol.